The Bertz CT molecular complexity index is 960. The number of hydrogen-bond acceptors (Lipinski definition) is 4. The number of halogens is 2. The Labute approximate surface area is 175 Å². The third-order valence-corrected chi connectivity index (χ3v) is 4.86. The van der Waals surface area contributed by atoms with Gasteiger partial charge in [-0.1, -0.05) is 33.6 Å². The Morgan fingerprint density at radius 2 is 1.93 bits per heavy atom. The molecule has 27 heavy (non-hydrogen) atoms. The van der Waals surface area contributed by atoms with Gasteiger partial charge < -0.3 is 4.74 Å². The highest BCUT2D eigenvalue weighted by Crippen LogP contribution is 2.28. The number of nitrogens with zero attached hydrogens (tertiary/aromatic N) is 1. The van der Waals surface area contributed by atoms with Crippen LogP contribution in [0.3, 0.4) is 0 Å². The molecule has 1 aliphatic heterocycles. The average molecular weight is 466 g/mol. The molecule has 0 radical (unpaired) electrons. The van der Waals surface area contributed by atoms with Gasteiger partial charge in [-0.15, -0.1) is 0 Å². The molecular weight excluding hydrogens is 452 g/mol. The van der Waals surface area contributed by atoms with Crippen LogP contribution in [0.15, 0.2) is 52.5 Å². The van der Waals surface area contributed by atoms with Gasteiger partial charge in [0.1, 0.15) is 11.3 Å². The van der Waals surface area contributed by atoms with Crippen molar-refractivity contribution in [1.29, 1.82) is 0 Å². The zero-order valence-electron chi connectivity index (χ0n) is 14.2. The molecule has 0 aliphatic carbocycles. The van der Waals surface area contributed by atoms with Crippen molar-refractivity contribution < 1.29 is 14.3 Å². The zero-order chi connectivity index (χ0) is 19.6. The molecule has 0 atom stereocenters. The molecule has 0 aromatic heterocycles. The maximum atomic E-state index is 12.9. The number of ether oxygens (including phenoxy) is 1. The van der Waals surface area contributed by atoms with E-state index in [1.165, 1.54) is 11.0 Å². The van der Waals surface area contributed by atoms with E-state index in [1.807, 2.05) is 6.92 Å². The molecule has 3 rings (SSSR count). The summed E-state index contributed by atoms with van der Waals surface area (Å²) in [7, 11) is 0. The fourth-order valence-electron chi connectivity index (χ4n) is 2.53. The summed E-state index contributed by atoms with van der Waals surface area (Å²) in [6, 6.07) is 12.1. The number of amides is 2. The first kappa shape index (κ1) is 19.5. The lowest BCUT2D eigenvalue weighted by molar-refractivity contribution is -0.122. The number of anilines is 1. The lowest BCUT2D eigenvalue weighted by Crippen LogP contribution is -2.54. The summed E-state index contributed by atoms with van der Waals surface area (Å²) in [4.78, 5) is 26.5. The van der Waals surface area contributed by atoms with Crippen LogP contribution in [-0.2, 0) is 9.59 Å². The molecule has 138 valence electrons. The van der Waals surface area contributed by atoms with Gasteiger partial charge in [0.2, 0.25) is 0 Å². The molecule has 5 nitrogen and oxygen atoms in total. The number of hydrogen-bond donors (Lipinski definition) is 1. The molecular formula is C19H14BrClN2O3S. The Morgan fingerprint density at radius 3 is 2.56 bits per heavy atom. The molecule has 1 N–H and O–H groups in total. The Morgan fingerprint density at radius 1 is 1.22 bits per heavy atom. The van der Waals surface area contributed by atoms with Gasteiger partial charge in [-0.2, -0.15) is 0 Å². The van der Waals surface area contributed by atoms with Crippen LogP contribution in [-0.4, -0.2) is 23.5 Å². The maximum Gasteiger partial charge on any atom is 0.270 e. The van der Waals surface area contributed by atoms with Gasteiger partial charge in [-0.05, 0) is 67.2 Å². The number of benzene rings is 2. The van der Waals surface area contributed by atoms with Crippen LogP contribution >= 0.6 is 39.7 Å². The van der Waals surface area contributed by atoms with Crippen LogP contribution in [0.5, 0.6) is 5.75 Å². The summed E-state index contributed by atoms with van der Waals surface area (Å²) in [6.07, 6.45) is 1.48. The number of nitrogens with one attached hydrogen (secondary N) is 1. The lowest BCUT2D eigenvalue weighted by atomic mass is 10.1. The summed E-state index contributed by atoms with van der Waals surface area (Å²) in [6.45, 7) is 2.34. The summed E-state index contributed by atoms with van der Waals surface area (Å²) in [5, 5.41) is 2.98. The first-order valence-corrected chi connectivity index (χ1v) is 9.58. The third-order valence-electron chi connectivity index (χ3n) is 3.75. The smallest absolute Gasteiger partial charge is 0.270 e. The highest BCUT2D eigenvalue weighted by Gasteiger charge is 2.34. The van der Waals surface area contributed by atoms with E-state index >= 15 is 0 Å². The van der Waals surface area contributed by atoms with Gasteiger partial charge in [0.15, 0.2) is 5.11 Å². The second-order valence-corrected chi connectivity index (χ2v) is 7.27. The van der Waals surface area contributed by atoms with Crippen LogP contribution < -0.4 is 15.0 Å². The molecule has 1 heterocycles. The van der Waals surface area contributed by atoms with E-state index in [4.69, 9.17) is 28.6 Å². The minimum Gasteiger partial charge on any atom is -0.492 e. The highest BCUT2D eigenvalue weighted by atomic mass is 79.9. The Kier molecular flexibility index (Phi) is 5.94. The van der Waals surface area contributed by atoms with E-state index < -0.39 is 11.8 Å². The standard InChI is InChI=1S/C19H14BrClN2O3S/c1-2-26-16-8-3-11(10-15(16)21)9-14-17(24)22-19(27)23(18(14)25)13-6-4-12(20)5-7-13/h3-10H,2H2,1H3,(H,22,24,27)/b14-9-. The molecule has 8 heteroatoms. The van der Waals surface area contributed by atoms with E-state index in [9.17, 15) is 9.59 Å². The fraction of sp³-hybridized carbons (Fsp3) is 0.105. The largest absolute Gasteiger partial charge is 0.492 e. The van der Waals surface area contributed by atoms with Crippen LogP contribution in [0.1, 0.15) is 12.5 Å². The molecule has 2 aromatic carbocycles. The van der Waals surface area contributed by atoms with Crippen molar-refractivity contribution in [2.24, 2.45) is 0 Å². The van der Waals surface area contributed by atoms with Crippen molar-refractivity contribution in [3.8, 4) is 5.75 Å². The summed E-state index contributed by atoms with van der Waals surface area (Å²) in [5.74, 6) is -0.516. The minimum atomic E-state index is -0.552. The second kappa shape index (κ2) is 8.21. The highest BCUT2D eigenvalue weighted by molar-refractivity contribution is 9.10. The molecule has 0 bridgehead atoms. The topological polar surface area (TPSA) is 58.6 Å². The van der Waals surface area contributed by atoms with Crippen molar-refractivity contribution >= 4 is 68.4 Å². The third kappa shape index (κ3) is 4.21. The molecule has 1 saturated heterocycles. The number of carbonyl (C=O) groups excluding carboxylic acids is 2. The van der Waals surface area contributed by atoms with Crippen LogP contribution in [0.4, 0.5) is 5.69 Å². The monoisotopic (exact) mass is 464 g/mol. The second-order valence-electron chi connectivity index (χ2n) is 5.56. The first-order valence-electron chi connectivity index (χ1n) is 8.00. The molecule has 1 fully saturated rings. The minimum absolute atomic E-state index is 0.0354. The van der Waals surface area contributed by atoms with Gasteiger partial charge in [0.25, 0.3) is 11.8 Å². The summed E-state index contributed by atoms with van der Waals surface area (Å²) >= 11 is 14.7. The molecule has 1 aliphatic rings. The average Bonchev–Trinajstić information content (AvgIpc) is 2.62. The molecule has 0 spiro atoms. The van der Waals surface area contributed by atoms with Crippen LogP contribution in [0, 0.1) is 0 Å². The number of carbonyl (C=O) groups is 2. The predicted molar refractivity (Wildman–Crippen MR) is 113 cm³/mol. The van der Waals surface area contributed by atoms with Gasteiger partial charge in [-0.3, -0.25) is 19.8 Å². The molecule has 2 amide bonds. The van der Waals surface area contributed by atoms with Gasteiger partial charge in [-0.25, -0.2) is 0 Å². The number of thiocarbonyl (C=S) groups is 1. The van der Waals surface area contributed by atoms with Crippen molar-refractivity contribution in [1.82, 2.24) is 5.32 Å². The molecule has 2 aromatic rings. The number of rotatable bonds is 4. The Balaban J connectivity index is 1.96. The normalized spacial score (nSPS) is 15.9. The molecule has 0 saturated carbocycles. The van der Waals surface area contributed by atoms with E-state index in [2.05, 4.69) is 21.2 Å². The van der Waals surface area contributed by atoms with E-state index in [1.54, 1.807) is 42.5 Å². The van der Waals surface area contributed by atoms with Gasteiger partial charge in [0, 0.05) is 4.47 Å². The zero-order valence-corrected chi connectivity index (χ0v) is 17.3. The quantitative estimate of drug-likeness (QED) is 0.415. The molecule has 0 unspecified atom stereocenters. The maximum absolute atomic E-state index is 12.9. The van der Waals surface area contributed by atoms with Gasteiger partial charge in [0.05, 0.1) is 17.3 Å². The van der Waals surface area contributed by atoms with Crippen molar-refractivity contribution in [3.63, 3.8) is 0 Å². The first-order chi connectivity index (χ1) is 12.9. The van der Waals surface area contributed by atoms with E-state index in [0.29, 0.717) is 28.6 Å². The van der Waals surface area contributed by atoms with Crippen molar-refractivity contribution in [2.45, 2.75) is 6.92 Å². The van der Waals surface area contributed by atoms with E-state index in [-0.39, 0.29) is 10.7 Å². The summed E-state index contributed by atoms with van der Waals surface area (Å²) < 4.78 is 6.26. The van der Waals surface area contributed by atoms with Crippen molar-refractivity contribution in [3.05, 3.63) is 63.1 Å². The lowest BCUT2D eigenvalue weighted by Gasteiger charge is -2.29. The predicted octanol–water partition coefficient (Wildman–Crippen LogP) is 4.33. The van der Waals surface area contributed by atoms with Crippen molar-refractivity contribution in [2.75, 3.05) is 11.5 Å². The summed E-state index contributed by atoms with van der Waals surface area (Å²) in [5.41, 5.74) is 1.13. The SMILES string of the molecule is CCOc1ccc(/C=C2/C(=O)NC(=S)N(c3ccc(Br)cc3)C2=O)cc1Cl. The van der Waals surface area contributed by atoms with Crippen LogP contribution in [0.25, 0.3) is 6.08 Å². The van der Waals surface area contributed by atoms with E-state index in [0.717, 1.165) is 4.47 Å². The van der Waals surface area contributed by atoms with Gasteiger partial charge >= 0.3 is 0 Å². The Hall–Kier alpha value is -2.22. The fourth-order valence-corrected chi connectivity index (χ4v) is 3.32. The van der Waals surface area contributed by atoms with Crippen LogP contribution in [0.2, 0.25) is 5.02 Å².